The smallest absolute Gasteiger partial charge is 0.431 e. The highest BCUT2D eigenvalue weighted by molar-refractivity contribution is 5.95. The van der Waals surface area contributed by atoms with Gasteiger partial charge in [0.15, 0.2) is 0 Å². The number of amides is 1. The van der Waals surface area contributed by atoms with Gasteiger partial charge in [-0.3, -0.25) is 4.79 Å². The van der Waals surface area contributed by atoms with E-state index < -0.39 is 11.9 Å². The Morgan fingerprint density at radius 1 is 1.09 bits per heavy atom. The van der Waals surface area contributed by atoms with Crippen LogP contribution < -0.4 is 15.0 Å². The molecule has 0 atom stereocenters. The lowest BCUT2D eigenvalue weighted by molar-refractivity contribution is -0.142. The maximum atomic E-state index is 13.4. The van der Waals surface area contributed by atoms with E-state index in [9.17, 15) is 18.0 Å². The predicted molar refractivity (Wildman–Crippen MR) is 123 cm³/mol. The third kappa shape index (κ3) is 4.65. The maximum Gasteiger partial charge on any atom is 0.431 e. The van der Waals surface area contributed by atoms with Crippen molar-refractivity contribution in [2.24, 2.45) is 7.05 Å². The van der Waals surface area contributed by atoms with Gasteiger partial charge in [-0.05, 0) is 68.1 Å². The van der Waals surface area contributed by atoms with Crippen molar-refractivity contribution >= 4 is 22.5 Å². The molecule has 1 heterocycles. The fourth-order valence-electron chi connectivity index (χ4n) is 4.74. The normalized spacial score (nSPS) is 18.8. The summed E-state index contributed by atoms with van der Waals surface area (Å²) in [5, 5.41) is 3.70. The average molecular weight is 460 g/mol. The summed E-state index contributed by atoms with van der Waals surface area (Å²) in [4.78, 5) is 14.6. The third-order valence-corrected chi connectivity index (χ3v) is 6.67. The Morgan fingerprint density at radius 3 is 2.36 bits per heavy atom. The molecule has 8 heteroatoms. The lowest BCUT2D eigenvalue weighted by Crippen LogP contribution is -2.43. The molecule has 1 aliphatic rings. The molecule has 2 aromatic carbocycles. The Balaban J connectivity index is 1.42. The highest BCUT2D eigenvalue weighted by Gasteiger charge is 2.35. The Hall–Kier alpha value is -3.16. The summed E-state index contributed by atoms with van der Waals surface area (Å²) in [5.41, 5.74) is 1.30. The summed E-state index contributed by atoms with van der Waals surface area (Å²) in [6.07, 6.45) is -1.08. The highest BCUT2D eigenvalue weighted by Crippen LogP contribution is 2.38. The van der Waals surface area contributed by atoms with Crippen LogP contribution in [0.4, 0.5) is 18.9 Å². The van der Waals surface area contributed by atoms with Gasteiger partial charge in [0, 0.05) is 42.8 Å². The zero-order valence-electron chi connectivity index (χ0n) is 18.9. The first-order valence-electron chi connectivity index (χ1n) is 11.0. The number of anilines is 1. The van der Waals surface area contributed by atoms with Gasteiger partial charge >= 0.3 is 6.18 Å². The first kappa shape index (κ1) is 23.0. The maximum absolute atomic E-state index is 13.4. The fourth-order valence-corrected chi connectivity index (χ4v) is 4.74. The molecule has 0 spiro atoms. The van der Waals surface area contributed by atoms with Crippen LogP contribution in [0.5, 0.6) is 5.75 Å². The highest BCUT2D eigenvalue weighted by atomic mass is 19.4. The van der Waals surface area contributed by atoms with Crippen LogP contribution in [0.15, 0.2) is 48.5 Å². The summed E-state index contributed by atoms with van der Waals surface area (Å²) in [6, 6.07) is 13.9. The van der Waals surface area contributed by atoms with Gasteiger partial charge in [0.25, 0.3) is 5.91 Å². The number of benzene rings is 2. The molecule has 3 aromatic rings. The molecule has 1 fully saturated rings. The Kier molecular flexibility index (Phi) is 6.28. The zero-order valence-corrected chi connectivity index (χ0v) is 18.9. The van der Waals surface area contributed by atoms with Crippen molar-refractivity contribution in [1.29, 1.82) is 0 Å². The molecule has 1 amide bonds. The van der Waals surface area contributed by atoms with Gasteiger partial charge in [-0.2, -0.15) is 13.2 Å². The summed E-state index contributed by atoms with van der Waals surface area (Å²) in [5.74, 6) is 0.592. The van der Waals surface area contributed by atoms with Crippen LogP contribution in [-0.4, -0.2) is 36.7 Å². The lowest BCUT2D eigenvalue weighted by atomic mass is 9.89. The number of carbonyl (C=O) groups excluding carboxylic acids is 1. The van der Waals surface area contributed by atoms with Crippen molar-refractivity contribution in [1.82, 2.24) is 9.88 Å². The predicted octanol–water partition coefficient (Wildman–Crippen LogP) is 5.38. The summed E-state index contributed by atoms with van der Waals surface area (Å²) in [6.45, 7) is 0. The average Bonchev–Trinajstić information content (AvgIpc) is 3.16. The van der Waals surface area contributed by atoms with E-state index in [0.717, 1.165) is 31.4 Å². The van der Waals surface area contributed by atoms with Gasteiger partial charge in [0.05, 0.1) is 12.6 Å². The monoisotopic (exact) mass is 459 g/mol. The molecule has 0 unspecified atom stereocenters. The van der Waals surface area contributed by atoms with E-state index in [1.165, 1.54) is 17.7 Å². The molecule has 0 radical (unpaired) electrons. The van der Waals surface area contributed by atoms with Crippen LogP contribution in [0.1, 0.15) is 41.7 Å². The fraction of sp³-hybridized carbons (Fsp3) is 0.400. The number of alkyl halides is 3. The molecule has 0 saturated heterocycles. The molecule has 1 aliphatic carbocycles. The molecule has 5 nitrogen and oxygen atoms in total. The number of rotatable bonds is 5. The standard InChI is InChI=1S/C25H28F3N3O2/c1-30(21-5-4-6-22-20(21)15-23(31(22)2)25(26,27)28)18-11-9-17(10-12-18)29-24(32)16-7-13-19(33-3)14-8-16/h4-8,13-15,17-18H,9-12H2,1-3H3,(H,29,32)/t17-,18+. The molecular weight excluding hydrogens is 431 g/mol. The molecule has 4 rings (SSSR count). The first-order chi connectivity index (χ1) is 15.7. The van der Waals surface area contributed by atoms with Crippen molar-refractivity contribution in [3.63, 3.8) is 0 Å². The van der Waals surface area contributed by atoms with Crippen LogP contribution in [0.25, 0.3) is 10.9 Å². The van der Waals surface area contributed by atoms with E-state index in [1.807, 2.05) is 13.1 Å². The number of hydrogen-bond donors (Lipinski definition) is 1. The van der Waals surface area contributed by atoms with Gasteiger partial charge in [-0.1, -0.05) is 6.07 Å². The lowest BCUT2D eigenvalue weighted by Gasteiger charge is -2.36. The second kappa shape index (κ2) is 9.00. The topological polar surface area (TPSA) is 46.5 Å². The number of nitrogens with zero attached hydrogens (tertiary/aromatic N) is 2. The minimum Gasteiger partial charge on any atom is -0.497 e. The van der Waals surface area contributed by atoms with Gasteiger partial charge in [-0.25, -0.2) is 0 Å². The van der Waals surface area contributed by atoms with Crippen LogP contribution in [-0.2, 0) is 13.2 Å². The summed E-state index contributed by atoms with van der Waals surface area (Å²) < 4.78 is 46.6. The molecule has 0 bridgehead atoms. The third-order valence-electron chi connectivity index (χ3n) is 6.67. The number of carbonyl (C=O) groups is 1. The van der Waals surface area contributed by atoms with Gasteiger partial charge in [-0.15, -0.1) is 0 Å². The van der Waals surface area contributed by atoms with Crippen molar-refractivity contribution in [3.05, 3.63) is 59.8 Å². The number of aryl methyl sites for hydroxylation is 1. The first-order valence-corrected chi connectivity index (χ1v) is 11.0. The van der Waals surface area contributed by atoms with E-state index in [0.29, 0.717) is 22.2 Å². The minimum absolute atomic E-state index is 0.0774. The molecule has 1 saturated carbocycles. The Labute approximate surface area is 191 Å². The Morgan fingerprint density at radius 2 is 1.76 bits per heavy atom. The zero-order chi connectivity index (χ0) is 23.8. The number of nitrogens with one attached hydrogen (secondary N) is 1. The summed E-state index contributed by atoms with van der Waals surface area (Å²) >= 11 is 0. The van der Waals surface area contributed by atoms with E-state index in [4.69, 9.17) is 4.74 Å². The molecule has 0 aliphatic heterocycles. The van der Waals surface area contributed by atoms with Crippen LogP contribution in [0.3, 0.4) is 0 Å². The Bertz CT molecular complexity index is 1130. The largest absolute Gasteiger partial charge is 0.497 e. The SMILES string of the molecule is COc1ccc(C(=O)N[C@H]2CC[C@@H](N(C)c3cccc4c3cc(C(F)(F)F)n4C)CC2)cc1. The van der Waals surface area contributed by atoms with Crippen molar-refractivity contribution in [3.8, 4) is 5.75 Å². The van der Waals surface area contributed by atoms with Crippen LogP contribution in [0, 0.1) is 0 Å². The van der Waals surface area contributed by atoms with Crippen molar-refractivity contribution in [2.75, 3.05) is 19.1 Å². The minimum atomic E-state index is -4.40. The van der Waals surface area contributed by atoms with Gasteiger partial charge < -0.3 is 19.5 Å². The number of ether oxygens (including phenoxy) is 1. The van der Waals surface area contributed by atoms with Gasteiger partial charge in [0.2, 0.25) is 0 Å². The number of halogens is 3. The van der Waals surface area contributed by atoms with E-state index in [1.54, 1.807) is 43.5 Å². The van der Waals surface area contributed by atoms with Crippen LogP contribution in [0.2, 0.25) is 0 Å². The van der Waals surface area contributed by atoms with E-state index in [2.05, 4.69) is 10.2 Å². The number of methoxy groups -OCH3 is 1. The van der Waals surface area contributed by atoms with Crippen molar-refractivity contribution in [2.45, 2.75) is 43.9 Å². The second-order valence-electron chi connectivity index (χ2n) is 8.61. The van der Waals surface area contributed by atoms with E-state index in [-0.39, 0.29) is 18.0 Å². The van der Waals surface area contributed by atoms with Crippen LogP contribution >= 0.6 is 0 Å². The molecule has 1 N–H and O–H groups in total. The number of fused-ring (bicyclic) bond motifs is 1. The van der Waals surface area contributed by atoms with Gasteiger partial charge in [0.1, 0.15) is 11.4 Å². The number of aromatic nitrogens is 1. The quantitative estimate of drug-likeness (QED) is 0.557. The number of hydrogen-bond acceptors (Lipinski definition) is 3. The molecular formula is C25H28F3N3O2. The molecule has 176 valence electrons. The second-order valence-corrected chi connectivity index (χ2v) is 8.61. The van der Waals surface area contributed by atoms with E-state index >= 15 is 0 Å². The molecule has 33 heavy (non-hydrogen) atoms. The van der Waals surface area contributed by atoms with Crippen molar-refractivity contribution < 1.29 is 22.7 Å². The summed E-state index contributed by atoms with van der Waals surface area (Å²) in [7, 11) is 4.97. The molecule has 1 aromatic heterocycles.